The summed E-state index contributed by atoms with van der Waals surface area (Å²) < 4.78 is 1.70. The predicted octanol–water partition coefficient (Wildman–Crippen LogP) is 2.13. The average molecular weight is 388 g/mol. The fraction of sp³-hybridized carbons (Fsp3) is 0.300. The lowest BCUT2D eigenvalue weighted by Gasteiger charge is -2.12. The summed E-state index contributed by atoms with van der Waals surface area (Å²) >= 11 is 0. The Kier molecular flexibility index (Phi) is 4.08. The number of nitrogens with zero attached hydrogens (tertiary/aromatic N) is 6. The fourth-order valence-corrected chi connectivity index (χ4v) is 3.87. The quantitative estimate of drug-likeness (QED) is 0.549. The Bertz CT molecular complexity index is 1230. The summed E-state index contributed by atoms with van der Waals surface area (Å²) in [6.07, 6.45) is 4.01. The Balaban J connectivity index is 1.47. The van der Waals surface area contributed by atoms with Gasteiger partial charge in [-0.2, -0.15) is 9.67 Å². The SMILES string of the molecule is Cc1ccc2cc(-n3nnc4cnc(N[C@@H]5CC[C@H](C(N)=O)C5)nc43)ccc2n1. The first kappa shape index (κ1) is 17.5. The molecule has 1 aromatic carbocycles. The van der Waals surface area contributed by atoms with E-state index in [1.807, 2.05) is 37.3 Å². The number of hydrogen-bond donors (Lipinski definition) is 2. The van der Waals surface area contributed by atoms with Crippen LogP contribution in [0.1, 0.15) is 25.0 Å². The molecule has 0 unspecified atom stereocenters. The van der Waals surface area contributed by atoms with Crippen LogP contribution in [0, 0.1) is 12.8 Å². The summed E-state index contributed by atoms with van der Waals surface area (Å²) in [6, 6.07) is 10.1. The number of aryl methyl sites for hydroxylation is 1. The van der Waals surface area contributed by atoms with Gasteiger partial charge in [0.2, 0.25) is 11.9 Å². The highest BCUT2D eigenvalue weighted by Gasteiger charge is 2.28. The minimum atomic E-state index is -0.242. The molecule has 1 fully saturated rings. The second kappa shape index (κ2) is 6.77. The van der Waals surface area contributed by atoms with E-state index in [4.69, 9.17) is 5.73 Å². The first-order valence-electron chi connectivity index (χ1n) is 9.59. The van der Waals surface area contributed by atoms with Crippen LogP contribution in [0.3, 0.4) is 0 Å². The Morgan fingerprint density at radius 2 is 2.07 bits per heavy atom. The van der Waals surface area contributed by atoms with Gasteiger partial charge < -0.3 is 11.1 Å². The smallest absolute Gasteiger partial charge is 0.225 e. The lowest BCUT2D eigenvalue weighted by molar-refractivity contribution is -0.121. The van der Waals surface area contributed by atoms with Gasteiger partial charge in [-0.25, -0.2) is 4.98 Å². The van der Waals surface area contributed by atoms with E-state index in [1.54, 1.807) is 10.9 Å². The molecule has 1 aliphatic rings. The predicted molar refractivity (Wildman–Crippen MR) is 108 cm³/mol. The van der Waals surface area contributed by atoms with Crippen LogP contribution in [0.25, 0.3) is 27.8 Å². The van der Waals surface area contributed by atoms with Gasteiger partial charge in [0.1, 0.15) is 0 Å². The number of aromatic nitrogens is 6. The van der Waals surface area contributed by atoms with Gasteiger partial charge in [0.25, 0.3) is 0 Å². The van der Waals surface area contributed by atoms with Gasteiger partial charge in [-0.05, 0) is 50.5 Å². The van der Waals surface area contributed by atoms with Gasteiger partial charge in [0.15, 0.2) is 11.2 Å². The molecule has 0 aliphatic heterocycles. The second-order valence-electron chi connectivity index (χ2n) is 7.49. The van der Waals surface area contributed by atoms with Crippen molar-refractivity contribution in [1.29, 1.82) is 0 Å². The van der Waals surface area contributed by atoms with Crippen LogP contribution in [-0.4, -0.2) is 41.9 Å². The number of carbonyl (C=O) groups is 1. The van der Waals surface area contributed by atoms with Crippen LogP contribution in [0.2, 0.25) is 0 Å². The molecule has 2 atom stereocenters. The first-order chi connectivity index (χ1) is 14.1. The van der Waals surface area contributed by atoms with Crippen LogP contribution in [0.15, 0.2) is 36.5 Å². The third kappa shape index (κ3) is 3.24. The molecule has 0 bridgehead atoms. The molecule has 0 spiro atoms. The van der Waals surface area contributed by atoms with E-state index in [-0.39, 0.29) is 17.9 Å². The molecular formula is C20H20N8O. The summed E-state index contributed by atoms with van der Waals surface area (Å²) in [4.78, 5) is 24.9. The van der Waals surface area contributed by atoms with Crippen LogP contribution < -0.4 is 11.1 Å². The normalized spacial score (nSPS) is 19.1. The molecule has 3 N–H and O–H groups in total. The third-order valence-corrected chi connectivity index (χ3v) is 5.42. The molecule has 0 saturated heterocycles. The molecule has 9 heteroatoms. The lowest BCUT2D eigenvalue weighted by atomic mass is 10.1. The minimum absolute atomic E-state index is 0.0849. The van der Waals surface area contributed by atoms with Crippen molar-refractivity contribution in [3.8, 4) is 5.69 Å². The molecule has 1 amide bonds. The number of nitrogens with two attached hydrogens (primary N) is 1. The van der Waals surface area contributed by atoms with Crippen LogP contribution in [0.5, 0.6) is 0 Å². The van der Waals surface area contributed by atoms with Gasteiger partial charge in [0, 0.05) is 23.0 Å². The summed E-state index contributed by atoms with van der Waals surface area (Å²) in [6.45, 7) is 1.97. The van der Waals surface area contributed by atoms with Gasteiger partial charge in [-0.3, -0.25) is 9.78 Å². The maximum Gasteiger partial charge on any atom is 0.225 e. The second-order valence-corrected chi connectivity index (χ2v) is 7.49. The minimum Gasteiger partial charge on any atom is -0.369 e. The van der Waals surface area contributed by atoms with Gasteiger partial charge in [-0.1, -0.05) is 11.3 Å². The molecule has 9 nitrogen and oxygen atoms in total. The number of rotatable bonds is 4. The molecule has 3 aromatic heterocycles. The van der Waals surface area contributed by atoms with Gasteiger partial charge in [-0.15, -0.1) is 5.10 Å². The van der Waals surface area contributed by atoms with Crippen molar-refractivity contribution < 1.29 is 4.79 Å². The van der Waals surface area contributed by atoms with Crippen molar-refractivity contribution >= 4 is 33.9 Å². The number of amides is 1. The number of hydrogen-bond acceptors (Lipinski definition) is 7. The average Bonchev–Trinajstić information content (AvgIpc) is 3.34. The van der Waals surface area contributed by atoms with Crippen molar-refractivity contribution in [2.75, 3.05) is 5.32 Å². The Morgan fingerprint density at radius 1 is 1.17 bits per heavy atom. The van der Waals surface area contributed by atoms with Crippen LogP contribution in [0.4, 0.5) is 5.95 Å². The van der Waals surface area contributed by atoms with Crippen LogP contribution >= 0.6 is 0 Å². The number of primary amides is 1. The molecular weight excluding hydrogens is 368 g/mol. The number of anilines is 1. The topological polar surface area (TPSA) is 124 Å². The number of carbonyl (C=O) groups excluding carboxylic acids is 1. The van der Waals surface area contributed by atoms with Crippen molar-refractivity contribution in [1.82, 2.24) is 29.9 Å². The zero-order valence-corrected chi connectivity index (χ0v) is 15.9. The molecule has 1 saturated carbocycles. The highest BCUT2D eigenvalue weighted by molar-refractivity contribution is 5.82. The van der Waals surface area contributed by atoms with Crippen LogP contribution in [-0.2, 0) is 4.79 Å². The standard InChI is InChI=1S/C20H20N8O/c1-11-2-3-12-9-15(6-7-16(12)23-11)28-19-17(26-27-28)10-22-20(25-19)24-14-5-4-13(8-14)18(21)29/h2-3,6-7,9-10,13-14H,4-5,8H2,1H3,(H2,21,29)(H,22,24,25)/t13-,14+/m0/s1. The molecule has 0 radical (unpaired) electrons. The van der Waals surface area contributed by atoms with Crippen molar-refractivity contribution in [3.05, 3.63) is 42.2 Å². The zero-order valence-electron chi connectivity index (χ0n) is 15.9. The van der Waals surface area contributed by atoms with Crippen molar-refractivity contribution in [2.45, 2.75) is 32.2 Å². The fourth-order valence-electron chi connectivity index (χ4n) is 3.87. The van der Waals surface area contributed by atoms with E-state index in [9.17, 15) is 4.79 Å². The summed E-state index contributed by atoms with van der Waals surface area (Å²) in [5.41, 5.74) is 9.41. The number of benzene rings is 1. The Morgan fingerprint density at radius 3 is 2.90 bits per heavy atom. The molecule has 146 valence electrons. The Hall–Kier alpha value is -3.62. The van der Waals surface area contributed by atoms with Crippen molar-refractivity contribution in [3.63, 3.8) is 0 Å². The van der Waals surface area contributed by atoms with E-state index in [0.29, 0.717) is 23.5 Å². The van der Waals surface area contributed by atoms with E-state index >= 15 is 0 Å². The lowest BCUT2D eigenvalue weighted by Crippen LogP contribution is -2.23. The number of nitrogens with one attached hydrogen (secondary N) is 1. The summed E-state index contributed by atoms with van der Waals surface area (Å²) in [7, 11) is 0. The first-order valence-corrected chi connectivity index (χ1v) is 9.59. The summed E-state index contributed by atoms with van der Waals surface area (Å²) in [5.74, 6) is 0.168. The van der Waals surface area contributed by atoms with E-state index in [0.717, 1.165) is 35.1 Å². The largest absolute Gasteiger partial charge is 0.369 e. The number of fused-ring (bicyclic) bond motifs is 2. The molecule has 29 heavy (non-hydrogen) atoms. The highest BCUT2D eigenvalue weighted by atomic mass is 16.1. The Labute approximate surface area is 166 Å². The number of pyridine rings is 1. The van der Waals surface area contributed by atoms with Gasteiger partial charge >= 0.3 is 0 Å². The van der Waals surface area contributed by atoms with Crippen molar-refractivity contribution in [2.24, 2.45) is 11.7 Å². The molecule has 3 heterocycles. The molecule has 5 rings (SSSR count). The van der Waals surface area contributed by atoms with E-state index < -0.39 is 0 Å². The van der Waals surface area contributed by atoms with Gasteiger partial charge in [0.05, 0.1) is 17.4 Å². The zero-order chi connectivity index (χ0) is 20.0. The maximum absolute atomic E-state index is 11.4. The maximum atomic E-state index is 11.4. The van der Waals surface area contributed by atoms with E-state index in [2.05, 4.69) is 30.6 Å². The van der Waals surface area contributed by atoms with E-state index in [1.165, 1.54) is 0 Å². The third-order valence-electron chi connectivity index (χ3n) is 5.42. The summed E-state index contributed by atoms with van der Waals surface area (Å²) in [5, 5.41) is 12.8. The molecule has 1 aliphatic carbocycles. The monoisotopic (exact) mass is 388 g/mol. The highest BCUT2D eigenvalue weighted by Crippen LogP contribution is 2.27. The molecule has 4 aromatic rings.